The monoisotopic (exact) mass is 241 g/mol. The molecule has 0 aliphatic heterocycles. The fourth-order valence-electron chi connectivity index (χ4n) is 1.75. The summed E-state index contributed by atoms with van der Waals surface area (Å²) in [5, 5.41) is 18.7. The van der Waals surface area contributed by atoms with E-state index < -0.39 is 0 Å². The van der Waals surface area contributed by atoms with Crippen LogP contribution in [-0.4, -0.2) is 14.6 Å². The topological polar surface area (TPSA) is 80.0 Å². The quantitative estimate of drug-likeness (QED) is 0.705. The van der Waals surface area contributed by atoms with Crippen LogP contribution in [0.2, 0.25) is 0 Å². The molecular formula is C11H7N5S. The summed E-state index contributed by atoms with van der Waals surface area (Å²) in [6, 6.07) is 7.74. The van der Waals surface area contributed by atoms with Crippen molar-refractivity contribution in [2.45, 2.75) is 0 Å². The second-order valence-corrected chi connectivity index (χ2v) is 4.39. The Hall–Kier alpha value is -2.39. The molecule has 17 heavy (non-hydrogen) atoms. The molecule has 0 spiro atoms. The molecule has 3 aromatic rings. The molecule has 6 heteroatoms. The molecule has 0 saturated heterocycles. The van der Waals surface area contributed by atoms with Crippen molar-refractivity contribution in [1.29, 1.82) is 5.26 Å². The first-order valence-electron chi connectivity index (χ1n) is 4.87. The number of nitriles is 1. The maximum Gasteiger partial charge on any atom is 0.184 e. The van der Waals surface area contributed by atoms with Crippen molar-refractivity contribution in [2.24, 2.45) is 0 Å². The maximum absolute atomic E-state index is 9.04. The molecule has 0 amide bonds. The molecule has 0 radical (unpaired) electrons. The number of nitrogen functional groups attached to an aromatic ring is 1. The fourth-order valence-corrected chi connectivity index (χ4v) is 2.44. The number of hydrogen-bond donors (Lipinski definition) is 1. The highest BCUT2D eigenvalue weighted by molar-refractivity contribution is 7.11. The molecule has 3 aromatic heterocycles. The van der Waals surface area contributed by atoms with Crippen LogP contribution in [0.1, 0.15) is 4.88 Å². The summed E-state index contributed by atoms with van der Waals surface area (Å²) in [4.78, 5) is 0.671. The number of thiophene rings is 1. The van der Waals surface area contributed by atoms with Crippen LogP contribution in [0.3, 0.4) is 0 Å². The molecule has 0 saturated carbocycles. The van der Waals surface area contributed by atoms with E-state index in [0.29, 0.717) is 16.2 Å². The number of pyridine rings is 1. The van der Waals surface area contributed by atoms with Gasteiger partial charge in [0, 0.05) is 5.56 Å². The predicted molar refractivity (Wildman–Crippen MR) is 65.4 cm³/mol. The fraction of sp³-hybridized carbons (Fsp3) is 0. The zero-order valence-corrected chi connectivity index (χ0v) is 9.48. The van der Waals surface area contributed by atoms with Crippen LogP contribution in [-0.2, 0) is 0 Å². The molecule has 5 nitrogen and oxygen atoms in total. The maximum atomic E-state index is 9.04. The van der Waals surface area contributed by atoms with Crippen molar-refractivity contribution in [3.8, 4) is 17.3 Å². The third-order valence-electron chi connectivity index (χ3n) is 2.53. The summed E-state index contributed by atoms with van der Waals surface area (Å²) in [5.74, 6) is 0. The molecule has 2 N–H and O–H groups in total. The number of hydrogen-bond acceptors (Lipinski definition) is 5. The van der Waals surface area contributed by atoms with Crippen molar-refractivity contribution >= 4 is 22.7 Å². The van der Waals surface area contributed by atoms with E-state index in [1.807, 2.05) is 17.5 Å². The minimum absolute atomic E-state index is 0.569. The normalized spacial score (nSPS) is 10.5. The molecule has 0 aliphatic carbocycles. The third-order valence-corrected chi connectivity index (χ3v) is 3.35. The average Bonchev–Trinajstić information content (AvgIpc) is 2.97. The van der Waals surface area contributed by atoms with Gasteiger partial charge in [-0.1, -0.05) is 0 Å². The van der Waals surface area contributed by atoms with Gasteiger partial charge in [0.1, 0.15) is 17.3 Å². The second-order valence-electron chi connectivity index (χ2n) is 3.47. The number of aromatic nitrogens is 3. The summed E-state index contributed by atoms with van der Waals surface area (Å²) in [5.41, 5.74) is 8.74. The molecule has 82 valence electrons. The zero-order chi connectivity index (χ0) is 11.8. The van der Waals surface area contributed by atoms with E-state index >= 15 is 0 Å². The highest BCUT2D eigenvalue weighted by Crippen LogP contribution is 2.29. The average molecular weight is 241 g/mol. The first-order valence-corrected chi connectivity index (χ1v) is 5.75. The lowest BCUT2D eigenvalue weighted by molar-refractivity contribution is 1.10. The Kier molecular flexibility index (Phi) is 2.06. The van der Waals surface area contributed by atoms with Gasteiger partial charge in [-0.05, 0) is 23.6 Å². The van der Waals surface area contributed by atoms with Gasteiger partial charge in [0.15, 0.2) is 5.65 Å². The van der Waals surface area contributed by atoms with Gasteiger partial charge in [-0.3, -0.25) is 4.40 Å². The van der Waals surface area contributed by atoms with Crippen LogP contribution in [0.25, 0.3) is 16.9 Å². The van der Waals surface area contributed by atoms with E-state index in [-0.39, 0.29) is 0 Å². The van der Waals surface area contributed by atoms with Crippen LogP contribution in [0.15, 0.2) is 29.9 Å². The van der Waals surface area contributed by atoms with Crippen molar-refractivity contribution < 1.29 is 0 Å². The second kappa shape index (κ2) is 3.57. The minimum Gasteiger partial charge on any atom is -0.396 e. The Morgan fingerprint density at radius 1 is 1.35 bits per heavy atom. The molecule has 3 rings (SSSR count). The SMILES string of the molecule is N#Cc1sccc1-c1ccc(N)c2nncn12. The molecule has 0 bridgehead atoms. The van der Waals surface area contributed by atoms with Gasteiger partial charge >= 0.3 is 0 Å². The van der Waals surface area contributed by atoms with Crippen molar-refractivity contribution in [2.75, 3.05) is 5.73 Å². The van der Waals surface area contributed by atoms with Gasteiger partial charge in [0.25, 0.3) is 0 Å². The van der Waals surface area contributed by atoms with E-state index in [1.165, 1.54) is 11.3 Å². The minimum atomic E-state index is 0.569. The van der Waals surface area contributed by atoms with Gasteiger partial charge in [-0.15, -0.1) is 21.5 Å². The number of rotatable bonds is 1. The van der Waals surface area contributed by atoms with Crippen LogP contribution in [0, 0.1) is 11.3 Å². The smallest absolute Gasteiger partial charge is 0.184 e. The predicted octanol–water partition coefficient (Wildman–Crippen LogP) is 1.91. The molecular weight excluding hydrogens is 234 g/mol. The summed E-state index contributed by atoms with van der Waals surface area (Å²) in [6.45, 7) is 0. The lowest BCUT2D eigenvalue weighted by Crippen LogP contribution is -1.96. The van der Waals surface area contributed by atoms with E-state index in [2.05, 4.69) is 16.3 Å². The summed E-state index contributed by atoms with van der Waals surface area (Å²) >= 11 is 1.41. The van der Waals surface area contributed by atoms with Crippen LogP contribution >= 0.6 is 11.3 Å². The molecule has 0 fully saturated rings. The highest BCUT2D eigenvalue weighted by atomic mass is 32.1. The Labute approximate surface area is 101 Å². The van der Waals surface area contributed by atoms with Crippen molar-refractivity contribution in [3.63, 3.8) is 0 Å². The number of fused-ring (bicyclic) bond motifs is 1. The Morgan fingerprint density at radius 3 is 3.06 bits per heavy atom. The lowest BCUT2D eigenvalue weighted by Gasteiger charge is -2.04. The molecule has 0 aromatic carbocycles. The first-order chi connectivity index (χ1) is 8.31. The third kappa shape index (κ3) is 1.37. The Balaban J connectivity index is 2.36. The number of anilines is 1. The molecule has 3 heterocycles. The van der Waals surface area contributed by atoms with Gasteiger partial charge < -0.3 is 5.73 Å². The van der Waals surface area contributed by atoms with Gasteiger partial charge in [0.05, 0.1) is 11.4 Å². The van der Waals surface area contributed by atoms with Crippen molar-refractivity contribution in [3.05, 3.63) is 34.8 Å². The van der Waals surface area contributed by atoms with Crippen LogP contribution < -0.4 is 5.73 Å². The number of nitrogens with two attached hydrogens (primary N) is 1. The number of nitrogens with zero attached hydrogens (tertiary/aromatic N) is 4. The standard InChI is InChI=1S/C11H7N5S/c12-5-10-7(3-4-17-10)9-2-1-8(13)11-15-14-6-16(9)11/h1-4,6H,13H2. The van der Waals surface area contributed by atoms with Crippen molar-refractivity contribution in [1.82, 2.24) is 14.6 Å². The molecule has 0 aliphatic rings. The highest BCUT2D eigenvalue weighted by Gasteiger charge is 2.11. The summed E-state index contributed by atoms with van der Waals surface area (Å²) in [7, 11) is 0. The first kappa shape index (κ1) is 9.81. The van der Waals surface area contributed by atoms with Crippen LogP contribution in [0.4, 0.5) is 5.69 Å². The van der Waals surface area contributed by atoms with E-state index in [9.17, 15) is 0 Å². The zero-order valence-electron chi connectivity index (χ0n) is 8.66. The van der Waals surface area contributed by atoms with E-state index in [0.717, 1.165) is 11.3 Å². The summed E-state index contributed by atoms with van der Waals surface area (Å²) < 4.78 is 1.79. The summed E-state index contributed by atoms with van der Waals surface area (Å²) in [6.07, 6.45) is 1.60. The Bertz CT molecular complexity index is 734. The van der Waals surface area contributed by atoms with E-state index in [1.54, 1.807) is 16.8 Å². The van der Waals surface area contributed by atoms with Gasteiger partial charge in [-0.25, -0.2) is 0 Å². The molecule has 0 atom stereocenters. The molecule has 0 unspecified atom stereocenters. The Morgan fingerprint density at radius 2 is 2.24 bits per heavy atom. The lowest BCUT2D eigenvalue weighted by atomic mass is 10.1. The largest absolute Gasteiger partial charge is 0.396 e. The van der Waals surface area contributed by atoms with Crippen LogP contribution in [0.5, 0.6) is 0 Å². The van der Waals surface area contributed by atoms with Gasteiger partial charge in [-0.2, -0.15) is 5.26 Å². The van der Waals surface area contributed by atoms with Gasteiger partial charge in [0.2, 0.25) is 0 Å². The van der Waals surface area contributed by atoms with E-state index in [4.69, 9.17) is 11.0 Å².